The number of aliphatic hydroxyl groups is 1. The van der Waals surface area contributed by atoms with E-state index >= 15 is 0 Å². The van der Waals surface area contributed by atoms with Crippen LogP contribution in [0.1, 0.15) is 32.1 Å². The van der Waals surface area contributed by atoms with Crippen molar-refractivity contribution in [1.29, 1.82) is 0 Å². The molecule has 2 nitrogen and oxygen atoms in total. The molecule has 1 N–H and O–H groups in total. The van der Waals surface area contributed by atoms with Crippen LogP contribution in [0.2, 0.25) is 0 Å². The first-order valence-corrected chi connectivity index (χ1v) is 8.29. The molecule has 5 aliphatic carbocycles. The Labute approximate surface area is 125 Å². The molecule has 4 unspecified atom stereocenters. The molecular weight excluding hydrogens is 260 g/mol. The molecule has 0 aromatic heterocycles. The molecular formula is C19H22O2. The van der Waals surface area contributed by atoms with E-state index in [1.54, 1.807) is 12.7 Å². The maximum Gasteiger partial charge on any atom is 0.129 e. The minimum Gasteiger partial charge on any atom is -0.496 e. The molecule has 5 atom stereocenters. The zero-order valence-corrected chi connectivity index (χ0v) is 12.5. The van der Waals surface area contributed by atoms with E-state index < -0.39 is 0 Å². The quantitative estimate of drug-likeness (QED) is 0.785. The zero-order chi connectivity index (χ0) is 14.2. The highest BCUT2D eigenvalue weighted by Gasteiger charge is 2.66. The Bertz CT molecular complexity index is 636. The van der Waals surface area contributed by atoms with E-state index in [4.69, 9.17) is 4.74 Å². The lowest BCUT2D eigenvalue weighted by Gasteiger charge is -2.49. The molecule has 110 valence electrons. The third-order valence-corrected chi connectivity index (χ3v) is 6.49. The summed E-state index contributed by atoms with van der Waals surface area (Å²) < 4.78 is 5.81. The van der Waals surface area contributed by atoms with Crippen LogP contribution in [-0.4, -0.2) is 18.3 Å². The first kappa shape index (κ1) is 12.3. The Morgan fingerprint density at radius 2 is 2.19 bits per heavy atom. The lowest BCUT2D eigenvalue weighted by atomic mass is 9.54. The summed E-state index contributed by atoms with van der Waals surface area (Å²) in [6.45, 7) is 0. The summed E-state index contributed by atoms with van der Waals surface area (Å²) in [5.74, 6) is 3.49. The molecule has 5 rings (SSSR count). The predicted molar refractivity (Wildman–Crippen MR) is 81.3 cm³/mol. The van der Waals surface area contributed by atoms with Gasteiger partial charge in [0.15, 0.2) is 0 Å². The minimum atomic E-state index is -0.366. The van der Waals surface area contributed by atoms with Crippen LogP contribution in [0.15, 0.2) is 46.8 Å². The Kier molecular flexibility index (Phi) is 2.29. The second-order valence-electron chi connectivity index (χ2n) is 7.57. The number of methoxy groups -OCH3 is 1. The maximum absolute atomic E-state index is 9.90. The summed E-state index contributed by atoms with van der Waals surface area (Å²) in [6, 6.07) is 0. The van der Waals surface area contributed by atoms with E-state index in [0.717, 1.165) is 29.6 Å². The van der Waals surface area contributed by atoms with Gasteiger partial charge in [-0.2, -0.15) is 0 Å². The summed E-state index contributed by atoms with van der Waals surface area (Å²) in [7, 11) is 1.78. The van der Waals surface area contributed by atoms with Crippen molar-refractivity contribution in [2.45, 2.75) is 38.2 Å². The summed E-state index contributed by atoms with van der Waals surface area (Å²) in [6.07, 6.45) is 14.6. The third kappa shape index (κ3) is 1.42. The molecule has 5 aliphatic rings. The second-order valence-corrected chi connectivity index (χ2v) is 7.57. The number of hydrogen-bond acceptors (Lipinski definition) is 2. The van der Waals surface area contributed by atoms with E-state index in [1.807, 2.05) is 6.08 Å². The fourth-order valence-electron chi connectivity index (χ4n) is 5.96. The highest BCUT2D eigenvalue weighted by atomic mass is 16.5. The lowest BCUT2D eigenvalue weighted by Crippen LogP contribution is -2.40. The number of ether oxygens (including phenoxy) is 1. The molecule has 0 aromatic carbocycles. The number of allylic oxidation sites excluding steroid dienone is 4. The van der Waals surface area contributed by atoms with Crippen LogP contribution < -0.4 is 0 Å². The average molecular weight is 282 g/mol. The van der Waals surface area contributed by atoms with Gasteiger partial charge in [0, 0.05) is 16.6 Å². The van der Waals surface area contributed by atoms with Gasteiger partial charge < -0.3 is 9.84 Å². The molecule has 21 heavy (non-hydrogen) atoms. The Morgan fingerprint density at radius 3 is 3.00 bits per heavy atom. The molecule has 0 amide bonds. The van der Waals surface area contributed by atoms with Crippen molar-refractivity contribution < 1.29 is 9.84 Å². The first-order chi connectivity index (χ1) is 10.2. The largest absolute Gasteiger partial charge is 0.496 e. The summed E-state index contributed by atoms with van der Waals surface area (Å²) in [5.41, 5.74) is 4.66. The zero-order valence-electron chi connectivity index (χ0n) is 12.5. The molecule has 3 fully saturated rings. The molecule has 0 aromatic rings. The van der Waals surface area contributed by atoms with Crippen molar-refractivity contribution in [3.8, 4) is 0 Å². The average Bonchev–Trinajstić information content (AvgIpc) is 2.84. The molecule has 0 heterocycles. The summed E-state index contributed by atoms with van der Waals surface area (Å²) in [4.78, 5) is 0. The van der Waals surface area contributed by atoms with Crippen molar-refractivity contribution in [2.75, 3.05) is 7.11 Å². The van der Waals surface area contributed by atoms with Gasteiger partial charge in [0.1, 0.15) is 5.76 Å². The van der Waals surface area contributed by atoms with Crippen LogP contribution in [0.5, 0.6) is 0 Å². The number of hydrogen-bond donors (Lipinski definition) is 1. The number of fused-ring (bicyclic) bond motifs is 2. The normalized spacial score (nSPS) is 47.7. The Balaban J connectivity index is 1.64. The SMILES string of the molecule is CO/C(C1=CC(O)CC=C1)=C1\C2=C[C@H]3CC4CC1C2(C4)C3. The van der Waals surface area contributed by atoms with Gasteiger partial charge in [-0.3, -0.25) is 0 Å². The molecule has 3 bridgehead atoms. The van der Waals surface area contributed by atoms with E-state index in [9.17, 15) is 5.11 Å². The van der Waals surface area contributed by atoms with Crippen molar-refractivity contribution >= 4 is 0 Å². The fourth-order valence-corrected chi connectivity index (χ4v) is 5.96. The van der Waals surface area contributed by atoms with Crippen LogP contribution in [0, 0.1) is 23.2 Å². The van der Waals surface area contributed by atoms with Crippen LogP contribution >= 0.6 is 0 Å². The standard InChI is InChI=1S/C19H22O2/c1-21-18(13-3-2-4-14(20)8-13)17-15-6-11-5-12-7-16(17)19(15,9-11)10-12/h2-3,6,8,11-12,14,16,20H,4-5,7,9-10H2,1H3/b18-17+/t11-,12?,14?,16?,19?/m1/s1. The van der Waals surface area contributed by atoms with Gasteiger partial charge in [-0.25, -0.2) is 0 Å². The van der Waals surface area contributed by atoms with Gasteiger partial charge in [0.25, 0.3) is 0 Å². The van der Waals surface area contributed by atoms with E-state index in [0.29, 0.717) is 11.3 Å². The molecule has 0 saturated heterocycles. The van der Waals surface area contributed by atoms with Gasteiger partial charge in [-0.1, -0.05) is 18.2 Å². The van der Waals surface area contributed by atoms with E-state index in [-0.39, 0.29) is 6.10 Å². The maximum atomic E-state index is 9.90. The van der Waals surface area contributed by atoms with E-state index in [1.165, 1.54) is 31.3 Å². The van der Waals surface area contributed by atoms with Crippen LogP contribution in [-0.2, 0) is 4.74 Å². The summed E-state index contributed by atoms with van der Waals surface area (Å²) in [5, 5.41) is 9.90. The van der Waals surface area contributed by atoms with Crippen molar-refractivity contribution in [3.05, 3.63) is 46.8 Å². The lowest BCUT2D eigenvalue weighted by molar-refractivity contribution is 0.172. The molecule has 3 saturated carbocycles. The van der Waals surface area contributed by atoms with Crippen molar-refractivity contribution in [1.82, 2.24) is 0 Å². The Morgan fingerprint density at radius 1 is 1.29 bits per heavy atom. The minimum absolute atomic E-state index is 0.366. The number of aliphatic hydroxyl groups excluding tert-OH is 1. The third-order valence-electron chi connectivity index (χ3n) is 6.49. The summed E-state index contributed by atoms with van der Waals surface area (Å²) >= 11 is 0. The predicted octanol–water partition coefficient (Wildman–Crippen LogP) is 3.51. The highest BCUT2D eigenvalue weighted by Crippen LogP contribution is 2.75. The highest BCUT2D eigenvalue weighted by molar-refractivity contribution is 5.61. The van der Waals surface area contributed by atoms with Gasteiger partial charge in [-0.05, 0) is 61.5 Å². The van der Waals surface area contributed by atoms with Crippen molar-refractivity contribution in [3.63, 3.8) is 0 Å². The topological polar surface area (TPSA) is 29.5 Å². The van der Waals surface area contributed by atoms with Crippen molar-refractivity contribution in [2.24, 2.45) is 23.2 Å². The fraction of sp³-hybridized carbons (Fsp3) is 0.579. The van der Waals surface area contributed by atoms with Gasteiger partial charge in [0.05, 0.1) is 13.2 Å². The van der Waals surface area contributed by atoms with Gasteiger partial charge in [-0.15, -0.1) is 0 Å². The molecule has 0 aliphatic heterocycles. The van der Waals surface area contributed by atoms with Crippen LogP contribution in [0.4, 0.5) is 0 Å². The van der Waals surface area contributed by atoms with E-state index in [2.05, 4.69) is 18.2 Å². The van der Waals surface area contributed by atoms with Crippen LogP contribution in [0.3, 0.4) is 0 Å². The van der Waals surface area contributed by atoms with Crippen LogP contribution in [0.25, 0.3) is 0 Å². The van der Waals surface area contributed by atoms with Gasteiger partial charge >= 0.3 is 0 Å². The number of rotatable bonds is 2. The van der Waals surface area contributed by atoms with Gasteiger partial charge in [0.2, 0.25) is 0 Å². The Hall–Kier alpha value is -1.28. The molecule has 2 heteroatoms. The monoisotopic (exact) mass is 282 g/mol. The smallest absolute Gasteiger partial charge is 0.129 e. The molecule has 1 spiro atoms. The molecule has 0 radical (unpaired) electrons. The second kappa shape index (κ2) is 3.92. The first-order valence-electron chi connectivity index (χ1n) is 8.29.